The molecule has 2 aliphatic rings. The number of nitrogens with two attached hydrogens (primary N) is 1. The smallest absolute Gasteiger partial charge is 0.449 e. The van der Waals surface area contributed by atoms with Crippen molar-refractivity contribution < 1.29 is 18.8 Å². The van der Waals surface area contributed by atoms with E-state index in [0.717, 1.165) is 24.7 Å². The molecule has 130 valence electrons. The molecule has 1 aromatic rings. The van der Waals surface area contributed by atoms with Crippen LogP contribution in [0.1, 0.15) is 52.5 Å². The first kappa shape index (κ1) is 17.3. The fourth-order valence-electron chi connectivity index (χ4n) is 3.30. The normalized spacial score (nSPS) is 23.6. The molecule has 24 heavy (non-hydrogen) atoms. The van der Waals surface area contributed by atoms with Gasteiger partial charge in [-0.15, -0.1) is 0 Å². The van der Waals surface area contributed by atoms with Crippen molar-refractivity contribution in [1.29, 1.82) is 0 Å². The molecule has 0 radical (unpaired) electrons. The van der Waals surface area contributed by atoms with Crippen molar-refractivity contribution in [2.24, 2.45) is 5.73 Å². The highest BCUT2D eigenvalue weighted by atomic mass is 16.7. The van der Waals surface area contributed by atoms with Crippen molar-refractivity contribution in [2.45, 2.75) is 63.6 Å². The molecular formula is C18H26BNO4. The number of carbonyl (C=O) groups is 1. The lowest BCUT2D eigenvalue weighted by atomic mass is 9.64. The van der Waals surface area contributed by atoms with Gasteiger partial charge in [-0.05, 0) is 51.6 Å². The summed E-state index contributed by atoms with van der Waals surface area (Å²) in [5.41, 5.74) is 6.51. The molecule has 2 N–H and O–H groups in total. The lowest BCUT2D eigenvalue weighted by molar-refractivity contribution is 0.00578. The van der Waals surface area contributed by atoms with Gasteiger partial charge in [0.2, 0.25) is 0 Å². The van der Waals surface area contributed by atoms with Crippen LogP contribution in [0.4, 0.5) is 4.79 Å². The molecule has 0 atom stereocenters. The number of ether oxygens (including phenoxy) is 1. The Morgan fingerprint density at radius 1 is 1.12 bits per heavy atom. The van der Waals surface area contributed by atoms with E-state index in [1.165, 1.54) is 5.56 Å². The molecule has 2 fully saturated rings. The van der Waals surface area contributed by atoms with Crippen LogP contribution in [-0.2, 0) is 19.5 Å². The summed E-state index contributed by atoms with van der Waals surface area (Å²) >= 11 is 0. The van der Waals surface area contributed by atoms with Gasteiger partial charge in [-0.2, -0.15) is 0 Å². The third kappa shape index (κ3) is 2.93. The SMILES string of the molecule is CC1(C)OB(c2ccc(C3(COC(N)=O)CCC3)cc2)OC1(C)C. The standard InChI is InChI=1S/C18H26BNO4/c1-16(2)17(3,4)24-19(23-16)14-8-6-13(7-9-14)18(10-5-11-18)12-22-15(20)21/h6-9H,5,10-12H2,1-4H3,(H2,20,21). The van der Waals surface area contributed by atoms with E-state index in [1.54, 1.807) is 0 Å². The first-order valence-corrected chi connectivity index (χ1v) is 8.54. The molecule has 3 rings (SSSR count). The number of primary amides is 1. The fourth-order valence-corrected chi connectivity index (χ4v) is 3.30. The predicted octanol–water partition coefficient (Wildman–Crippen LogP) is 2.50. The van der Waals surface area contributed by atoms with Crippen molar-refractivity contribution in [3.63, 3.8) is 0 Å². The van der Waals surface area contributed by atoms with Gasteiger partial charge in [0, 0.05) is 5.41 Å². The fraction of sp³-hybridized carbons (Fsp3) is 0.611. The second-order valence-electron chi connectivity index (χ2n) is 7.95. The number of amides is 1. The molecule has 1 saturated heterocycles. The maximum Gasteiger partial charge on any atom is 0.494 e. The Labute approximate surface area is 144 Å². The van der Waals surface area contributed by atoms with Crippen LogP contribution in [0.3, 0.4) is 0 Å². The van der Waals surface area contributed by atoms with Crippen LogP contribution in [0.15, 0.2) is 24.3 Å². The van der Waals surface area contributed by atoms with Gasteiger partial charge in [-0.25, -0.2) is 4.79 Å². The van der Waals surface area contributed by atoms with Gasteiger partial charge >= 0.3 is 13.2 Å². The van der Waals surface area contributed by atoms with Crippen molar-refractivity contribution in [2.75, 3.05) is 6.61 Å². The van der Waals surface area contributed by atoms with Crippen LogP contribution in [-0.4, -0.2) is 31.0 Å². The molecule has 1 heterocycles. The summed E-state index contributed by atoms with van der Waals surface area (Å²) in [5, 5.41) is 0. The second-order valence-corrected chi connectivity index (χ2v) is 7.95. The van der Waals surface area contributed by atoms with Crippen LogP contribution in [0.5, 0.6) is 0 Å². The Balaban J connectivity index is 1.75. The Morgan fingerprint density at radius 2 is 1.67 bits per heavy atom. The van der Waals surface area contributed by atoms with E-state index in [0.29, 0.717) is 6.61 Å². The average molecular weight is 331 g/mol. The van der Waals surface area contributed by atoms with Crippen molar-refractivity contribution in [3.8, 4) is 0 Å². The van der Waals surface area contributed by atoms with E-state index in [1.807, 2.05) is 39.8 Å². The molecule has 6 heteroatoms. The molecule has 0 spiro atoms. The van der Waals surface area contributed by atoms with Gasteiger partial charge in [0.1, 0.15) is 6.61 Å². The summed E-state index contributed by atoms with van der Waals surface area (Å²) < 4.78 is 17.3. The number of benzene rings is 1. The van der Waals surface area contributed by atoms with Crippen LogP contribution in [0.25, 0.3) is 0 Å². The average Bonchev–Trinajstić information content (AvgIpc) is 2.67. The van der Waals surface area contributed by atoms with Gasteiger partial charge < -0.3 is 19.8 Å². The summed E-state index contributed by atoms with van der Waals surface area (Å²) in [6, 6.07) is 8.26. The summed E-state index contributed by atoms with van der Waals surface area (Å²) in [6.45, 7) is 8.54. The van der Waals surface area contributed by atoms with Crippen LogP contribution >= 0.6 is 0 Å². The molecule has 1 aromatic carbocycles. The summed E-state index contributed by atoms with van der Waals surface area (Å²) in [5.74, 6) is 0. The van der Waals surface area contributed by atoms with Gasteiger partial charge in [0.05, 0.1) is 11.2 Å². The molecule has 1 amide bonds. The Morgan fingerprint density at radius 3 is 2.08 bits per heavy atom. The molecule has 0 aromatic heterocycles. The zero-order chi connectivity index (χ0) is 17.6. The Bertz CT molecular complexity index is 606. The van der Waals surface area contributed by atoms with Crippen molar-refractivity contribution in [1.82, 2.24) is 0 Å². The minimum Gasteiger partial charge on any atom is -0.449 e. The Kier molecular flexibility index (Phi) is 4.17. The highest BCUT2D eigenvalue weighted by Crippen LogP contribution is 2.44. The molecular weight excluding hydrogens is 305 g/mol. The monoisotopic (exact) mass is 331 g/mol. The van der Waals surface area contributed by atoms with Crippen molar-refractivity contribution in [3.05, 3.63) is 29.8 Å². The summed E-state index contributed by atoms with van der Waals surface area (Å²) in [7, 11) is -0.358. The van der Waals surface area contributed by atoms with E-state index >= 15 is 0 Å². The highest BCUT2D eigenvalue weighted by Gasteiger charge is 2.51. The van der Waals surface area contributed by atoms with Gasteiger partial charge in [0.25, 0.3) is 0 Å². The Hall–Kier alpha value is -1.53. The van der Waals surface area contributed by atoms with E-state index in [9.17, 15) is 4.79 Å². The third-order valence-electron chi connectivity index (χ3n) is 5.85. The minimum absolute atomic E-state index is 0.0938. The highest BCUT2D eigenvalue weighted by molar-refractivity contribution is 6.62. The zero-order valence-corrected chi connectivity index (χ0v) is 14.9. The van der Waals surface area contributed by atoms with E-state index in [2.05, 4.69) is 12.1 Å². The van der Waals surface area contributed by atoms with E-state index in [4.69, 9.17) is 19.8 Å². The largest absolute Gasteiger partial charge is 0.494 e. The second kappa shape index (κ2) is 5.78. The maximum absolute atomic E-state index is 10.9. The van der Waals surface area contributed by atoms with E-state index in [-0.39, 0.29) is 23.7 Å². The summed E-state index contributed by atoms with van der Waals surface area (Å²) in [4.78, 5) is 10.9. The molecule has 0 unspecified atom stereocenters. The topological polar surface area (TPSA) is 70.8 Å². The first-order chi connectivity index (χ1) is 11.2. The van der Waals surface area contributed by atoms with Crippen LogP contribution in [0.2, 0.25) is 0 Å². The summed E-state index contributed by atoms with van der Waals surface area (Å²) in [6.07, 6.45) is 2.45. The minimum atomic E-state index is -0.713. The van der Waals surface area contributed by atoms with Gasteiger partial charge in [0.15, 0.2) is 0 Å². The molecule has 1 aliphatic carbocycles. The number of carbonyl (C=O) groups excluding carboxylic acids is 1. The maximum atomic E-state index is 10.9. The van der Waals surface area contributed by atoms with Crippen LogP contribution < -0.4 is 11.2 Å². The third-order valence-corrected chi connectivity index (χ3v) is 5.85. The number of hydrogen-bond acceptors (Lipinski definition) is 4. The zero-order valence-electron chi connectivity index (χ0n) is 14.9. The number of hydrogen-bond donors (Lipinski definition) is 1. The van der Waals surface area contributed by atoms with E-state index < -0.39 is 6.09 Å². The lowest BCUT2D eigenvalue weighted by Gasteiger charge is -2.41. The molecule has 5 nitrogen and oxygen atoms in total. The van der Waals surface area contributed by atoms with Crippen LogP contribution in [0, 0.1) is 0 Å². The quantitative estimate of drug-likeness (QED) is 0.861. The lowest BCUT2D eigenvalue weighted by Crippen LogP contribution is -2.41. The molecule has 1 aliphatic heterocycles. The van der Waals surface area contributed by atoms with Gasteiger partial charge in [-0.3, -0.25) is 0 Å². The molecule has 1 saturated carbocycles. The van der Waals surface area contributed by atoms with Crippen molar-refractivity contribution >= 4 is 18.7 Å². The molecule has 0 bridgehead atoms. The first-order valence-electron chi connectivity index (χ1n) is 8.54. The number of rotatable bonds is 4. The predicted molar refractivity (Wildman–Crippen MR) is 93.2 cm³/mol. The van der Waals surface area contributed by atoms with Gasteiger partial charge in [-0.1, -0.05) is 30.7 Å².